The fraction of sp³-hybridized carbons (Fsp3) is 0.200. The Bertz CT molecular complexity index is 707. The molecule has 1 amide bonds. The van der Waals surface area contributed by atoms with Gasteiger partial charge in [0.2, 0.25) is 5.91 Å². The highest BCUT2D eigenvalue weighted by atomic mass is 19.1. The molecule has 2 rings (SSSR count). The molecule has 1 N–H and O–H groups in total. The van der Waals surface area contributed by atoms with Gasteiger partial charge in [0.05, 0.1) is 0 Å². The topological polar surface area (TPSA) is 51.1 Å². The number of amides is 1. The molecule has 2 aromatic rings. The Morgan fingerprint density at radius 3 is 2.70 bits per heavy atom. The number of aryl methyl sites for hydroxylation is 2. The molecular weight excluding hydrogens is 259 g/mol. The zero-order valence-corrected chi connectivity index (χ0v) is 11.3. The van der Waals surface area contributed by atoms with Gasteiger partial charge in [0.1, 0.15) is 12.4 Å². The summed E-state index contributed by atoms with van der Waals surface area (Å²) in [6.45, 7) is 3.63. The van der Waals surface area contributed by atoms with Gasteiger partial charge in [-0.05, 0) is 31.5 Å². The summed E-state index contributed by atoms with van der Waals surface area (Å²) in [5, 5.41) is 2.71. The Labute approximate surface area is 115 Å². The zero-order chi connectivity index (χ0) is 14.7. The van der Waals surface area contributed by atoms with Gasteiger partial charge >= 0.3 is 0 Å². The summed E-state index contributed by atoms with van der Waals surface area (Å²) >= 11 is 0. The number of rotatable bonds is 3. The van der Waals surface area contributed by atoms with E-state index in [-0.39, 0.29) is 12.5 Å². The number of hydrogen-bond donors (Lipinski definition) is 1. The summed E-state index contributed by atoms with van der Waals surface area (Å²) in [4.78, 5) is 23.4. The number of carbonyl (C=O) groups is 1. The highest BCUT2D eigenvalue weighted by Crippen LogP contribution is 2.15. The van der Waals surface area contributed by atoms with Crippen molar-refractivity contribution in [1.82, 2.24) is 4.57 Å². The molecular formula is C15H15FN2O2. The number of hydrogen-bond acceptors (Lipinski definition) is 2. The molecule has 4 nitrogen and oxygen atoms in total. The molecule has 1 aromatic heterocycles. The lowest BCUT2D eigenvalue weighted by atomic mass is 10.1. The molecule has 104 valence electrons. The van der Waals surface area contributed by atoms with E-state index in [4.69, 9.17) is 0 Å². The number of benzene rings is 1. The van der Waals surface area contributed by atoms with Gasteiger partial charge in [0.15, 0.2) is 0 Å². The van der Waals surface area contributed by atoms with Gasteiger partial charge < -0.3 is 9.88 Å². The van der Waals surface area contributed by atoms with E-state index in [1.165, 1.54) is 0 Å². The second kappa shape index (κ2) is 5.69. The van der Waals surface area contributed by atoms with E-state index in [0.717, 1.165) is 34.0 Å². The molecule has 0 saturated carbocycles. The van der Waals surface area contributed by atoms with Gasteiger partial charge in [-0.1, -0.05) is 17.7 Å². The van der Waals surface area contributed by atoms with Gasteiger partial charge in [-0.15, -0.1) is 0 Å². The minimum absolute atomic E-state index is 0.218. The Kier molecular flexibility index (Phi) is 3.98. The lowest BCUT2D eigenvalue weighted by Gasteiger charge is -2.10. The number of halogens is 1. The van der Waals surface area contributed by atoms with Gasteiger partial charge in [-0.25, -0.2) is 4.39 Å². The van der Waals surface area contributed by atoms with Crippen LogP contribution in [0.3, 0.4) is 0 Å². The van der Waals surface area contributed by atoms with E-state index >= 15 is 0 Å². The summed E-state index contributed by atoms with van der Waals surface area (Å²) in [7, 11) is 0. The van der Waals surface area contributed by atoms with Crippen molar-refractivity contribution in [1.29, 1.82) is 0 Å². The number of aromatic nitrogens is 1. The smallest absolute Gasteiger partial charge is 0.251 e. The largest absolute Gasteiger partial charge is 0.324 e. The molecule has 0 fully saturated rings. The fourth-order valence-corrected chi connectivity index (χ4v) is 1.92. The molecule has 0 bridgehead atoms. The number of nitrogens with one attached hydrogen (secondary N) is 1. The second-order valence-corrected chi connectivity index (χ2v) is 4.68. The predicted molar refractivity (Wildman–Crippen MR) is 75.2 cm³/mol. The molecule has 5 heteroatoms. The van der Waals surface area contributed by atoms with Crippen molar-refractivity contribution in [2.45, 2.75) is 20.4 Å². The van der Waals surface area contributed by atoms with Crippen LogP contribution in [0.25, 0.3) is 0 Å². The molecule has 0 aliphatic heterocycles. The third-order valence-corrected chi connectivity index (χ3v) is 2.92. The zero-order valence-electron chi connectivity index (χ0n) is 11.3. The van der Waals surface area contributed by atoms with Gasteiger partial charge in [0.25, 0.3) is 5.56 Å². The quantitative estimate of drug-likeness (QED) is 0.933. The molecule has 0 saturated heterocycles. The average Bonchev–Trinajstić information content (AvgIpc) is 2.37. The normalized spacial score (nSPS) is 10.3. The minimum atomic E-state index is -0.552. The van der Waals surface area contributed by atoms with Crippen molar-refractivity contribution in [3.63, 3.8) is 0 Å². The molecule has 20 heavy (non-hydrogen) atoms. The van der Waals surface area contributed by atoms with Crippen LogP contribution in [-0.4, -0.2) is 10.5 Å². The SMILES string of the molecule is Cc1ccc(NC(=O)Cn2cc(F)ccc2=O)c(C)c1. The Morgan fingerprint density at radius 2 is 2.00 bits per heavy atom. The standard InChI is InChI=1S/C15H15FN2O2/c1-10-3-5-13(11(2)7-10)17-14(19)9-18-8-12(16)4-6-15(18)20/h3-8H,9H2,1-2H3,(H,17,19). The van der Waals surface area contributed by atoms with E-state index in [2.05, 4.69) is 5.32 Å². The first-order valence-electron chi connectivity index (χ1n) is 6.19. The van der Waals surface area contributed by atoms with Crippen LogP contribution in [0.15, 0.2) is 41.3 Å². The van der Waals surface area contributed by atoms with Crippen LogP contribution >= 0.6 is 0 Å². The molecule has 1 heterocycles. The van der Waals surface area contributed by atoms with Crippen LogP contribution in [0.1, 0.15) is 11.1 Å². The summed E-state index contributed by atoms with van der Waals surface area (Å²) in [6, 6.07) is 7.80. The molecule has 0 spiro atoms. The summed E-state index contributed by atoms with van der Waals surface area (Å²) in [6.07, 6.45) is 1.02. The molecule has 0 unspecified atom stereocenters. The van der Waals surface area contributed by atoms with E-state index in [1.54, 1.807) is 6.07 Å². The van der Waals surface area contributed by atoms with Crippen LogP contribution in [0.2, 0.25) is 0 Å². The molecule has 0 aliphatic rings. The van der Waals surface area contributed by atoms with Crippen LogP contribution in [0.4, 0.5) is 10.1 Å². The molecule has 1 aromatic carbocycles. The minimum Gasteiger partial charge on any atom is -0.324 e. The third-order valence-electron chi connectivity index (χ3n) is 2.92. The van der Waals surface area contributed by atoms with E-state index in [0.29, 0.717) is 5.69 Å². The summed E-state index contributed by atoms with van der Waals surface area (Å²) < 4.78 is 14.1. The van der Waals surface area contributed by atoms with E-state index < -0.39 is 11.4 Å². The maximum atomic E-state index is 13.0. The number of carbonyl (C=O) groups excluding carboxylic acids is 1. The van der Waals surface area contributed by atoms with E-state index in [9.17, 15) is 14.0 Å². The van der Waals surface area contributed by atoms with Crippen molar-refractivity contribution in [2.75, 3.05) is 5.32 Å². The first-order chi connectivity index (χ1) is 9.45. The first kappa shape index (κ1) is 14.0. The van der Waals surface area contributed by atoms with E-state index in [1.807, 2.05) is 26.0 Å². The van der Waals surface area contributed by atoms with Crippen LogP contribution in [0.5, 0.6) is 0 Å². The molecule has 0 atom stereocenters. The van der Waals surface area contributed by atoms with Crippen molar-refractivity contribution in [3.05, 3.63) is 63.8 Å². The Hall–Kier alpha value is -2.43. The van der Waals surface area contributed by atoms with Crippen LogP contribution < -0.4 is 10.9 Å². The fourth-order valence-electron chi connectivity index (χ4n) is 1.92. The summed E-state index contributed by atoms with van der Waals surface area (Å²) in [5.74, 6) is -0.923. The van der Waals surface area contributed by atoms with Crippen molar-refractivity contribution in [3.8, 4) is 0 Å². The highest BCUT2D eigenvalue weighted by Gasteiger charge is 2.07. The average molecular weight is 274 g/mol. The number of pyridine rings is 1. The molecule has 0 aliphatic carbocycles. The van der Waals surface area contributed by atoms with Crippen LogP contribution in [0, 0.1) is 19.7 Å². The van der Waals surface area contributed by atoms with Crippen molar-refractivity contribution in [2.24, 2.45) is 0 Å². The third kappa shape index (κ3) is 3.32. The number of anilines is 1. The summed E-state index contributed by atoms with van der Waals surface area (Å²) in [5.41, 5.74) is 2.30. The Balaban J connectivity index is 2.13. The van der Waals surface area contributed by atoms with Gasteiger partial charge in [0, 0.05) is 18.0 Å². The van der Waals surface area contributed by atoms with Gasteiger partial charge in [-0.2, -0.15) is 0 Å². The lowest BCUT2D eigenvalue weighted by molar-refractivity contribution is -0.116. The predicted octanol–water partition coefficient (Wildman–Crippen LogP) is 2.24. The second-order valence-electron chi connectivity index (χ2n) is 4.68. The maximum absolute atomic E-state index is 13.0. The monoisotopic (exact) mass is 274 g/mol. The lowest BCUT2D eigenvalue weighted by Crippen LogP contribution is -2.27. The number of nitrogens with zero attached hydrogens (tertiary/aromatic N) is 1. The van der Waals surface area contributed by atoms with Crippen molar-refractivity contribution >= 4 is 11.6 Å². The van der Waals surface area contributed by atoms with Crippen molar-refractivity contribution < 1.29 is 9.18 Å². The van der Waals surface area contributed by atoms with Crippen LogP contribution in [-0.2, 0) is 11.3 Å². The Morgan fingerprint density at radius 1 is 1.25 bits per heavy atom. The highest BCUT2D eigenvalue weighted by molar-refractivity contribution is 5.91. The molecule has 0 radical (unpaired) electrons. The van der Waals surface area contributed by atoms with Gasteiger partial charge in [-0.3, -0.25) is 9.59 Å². The first-order valence-corrected chi connectivity index (χ1v) is 6.19. The maximum Gasteiger partial charge on any atom is 0.251 e.